The van der Waals surface area contributed by atoms with Crippen LogP contribution < -0.4 is 4.90 Å². The van der Waals surface area contributed by atoms with Crippen molar-refractivity contribution in [3.63, 3.8) is 0 Å². The van der Waals surface area contributed by atoms with Crippen LogP contribution in [0.5, 0.6) is 0 Å². The van der Waals surface area contributed by atoms with E-state index in [0.717, 1.165) is 4.90 Å². The average molecular weight is 564 g/mol. The van der Waals surface area contributed by atoms with Crippen LogP contribution in [0.2, 0.25) is 10.0 Å². The molecule has 10 heteroatoms. The summed E-state index contributed by atoms with van der Waals surface area (Å²) in [6.07, 6.45) is -1.20. The molecule has 196 valence electrons. The van der Waals surface area contributed by atoms with Crippen LogP contribution in [0.4, 0.5) is 5.69 Å². The monoisotopic (exact) mass is 563 g/mol. The fourth-order valence-electron chi connectivity index (χ4n) is 5.76. The summed E-state index contributed by atoms with van der Waals surface area (Å²) in [4.78, 5) is 68.7. The summed E-state index contributed by atoms with van der Waals surface area (Å²) in [5.41, 5.74) is -1.30. The molecule has 0 radical (unpaired) electrons. The summed E-state index contributed by atoms with van der Waals surface area (Å²) in [5, 5.41) is 0.277. The zero-order valence-corrected chi connectivity index (χ0v) is 21.9. The predicted molar refractivity (Wildman–Crippen MR) is 140 cm³/mol. The number of benzene rings is 3. The Morgan fingerprint density at radius 2 is 1.54 bits per heavy atom. The Balaban J connectivity index is 1.49. The van der Waals surface area contributed by atoms with Gasteiger partial charge >= 0.3 is 5.97 Å². The quantitative estimate of drug-likeness (QED) is 0.253. The zero-order valence-electron chi connectivity index (χ0n) is 20.4. The molecular formula is C29H19Cl2NO7. The fourth-order valence-corrected chi connectivity index (χ4v) is 6.17. The lowest BCUT2D eigenvalue weighted by molar-refractivity contribution is -0.127. The highest BCUT2D eigenvalue weighted by atomic mass is 35.5. The highest BCUT2D eigenvalue weighted by molar-refractivity contribution is 6.42. The van der Waals surface area contributed by atoms with Gasteiger partial charge in [-0.1, -0.05) is 59.6 Å². The average Bonchev–Trinajstić information content (AvgIpc) is 3.50. The van der Waals surface area contributed by atoms with Crippen LogP contribution >= 0.6 is 23.2 Å². The molecule has 0 saturated carbocycles. The van der Waals surface area contributed by atoms with Crippen molar-refractivity contribution < 1.29 is 33.4 Å². The van der Waals surface area contributed by atoms with Crippen molar-refractivity contribution in [3.8, 4) is 0 Å². The number of imide groups is 1. The van der Waals surface area contributed by atoms with E-state index in [1.165, 1.54) is 36.4 Å². The number of ketones is 2. The van der Waals surface area contributed by atoms with E-state index in [4.69, 9.17) is 32.7 Å². The molecular weight excluding hydrogens is 545 g/mol. The van der Waals surface area contributed by atoms with Gasteiger partial charge in [0.05, 0.1) is 45.8 Å². The van der Waals surface area contributed by atoms with Crippen molar-refractivity contribution in [2.24, 2.45) is 11.8 Å². The number of amides is 2. The number of ether oxygens (including phenoxy) is 2. The minimum atomic E-state index is -2.24. The fraction of sp³-hybridized carbons (Fsp3) is 0.207. The van der Waals surface area contributed by atoms with Crippen LogP contribution in [-0.4, -0.2) is 41.6 Å². The summed E-state index contributed by atoms with van der Waals surface area (Å²) in [6, 6.07) is 16.7. The molecule has 2 fully saturated rings. The van der Waals surface area contributed by atoms with E-state index in [1.54, 1.807) is 37.3 Å². The summed E-state index contributed by atoms with van der Waals surface area (Å²) >= 11 is 12.7. The molecule has 1 spiro atoms. The first-order valence-electron chi connectivity index (χ1n) is 12.2. The second-order valence-electron chi connectivity index (χ2n) is 9.40. The third kappa shape index (κ3) is 3.45. The molecule has 2 aliphatic heterocycles. The molecule has 1 aliphatic carbocycles. The number of rotatable bonds is 4. The molecule has 0 aromatic heterocycles. The van der Waals surface area contributed by atoms with E-state index in [1.807, 2.05) is 0 Å². The molecule has 2 saturated heterocycles. The van der Waals surface area contributed by atoms with Crippen molar-refractivity contribution in [1.82, 2.24) is 0 Å². The molecule has 3 atom stereocenters. The third-order valence-corrected chi connectivity index (χ3v) is 8.28. The number of halogens is 2. The van der Waals surface area contributed by atoms with Gasteiger partial charge in [-0.3, -0.25) is 19.2 Å². The number of carbonyl (C=O) groups excluding carboxylic acids is 5. The Morgan fingerprint density at radius 1 is 0.897 bits per heavy atom. The molecule has 2 amide bonds. The van der Waals surface area contributed by atoms with Crippen LogP contribution in [0.3, 0.4) is 0 Å². The standard InChI is InChI=1S/C29H19Cl2NO7/c1-2-38-28(37)14-10-12-15(13-11-14)32-26(35)20-21(27(32)36)29(24(33)16-6-3-4-7-17(16)25(29)34)39-23(20)18-8-5-9-19(30)22(18)31/h3-13,20-21,23H,2H2,1H3/t20-,21-,23+/m0/s1. The largest absolute Gasteiger partial charge is 0.462 e. The van der Waals surface area contributed by atoms with E-state index in [0.29, 0.717) is 0 Å². The number of esters is 1. The minimum absolute atomic E-state index is 0.0906. The Morgan fingerprint density at radius 3 is 2.15 bits per heavy atom. The number of anilines is 1. The van der Waals surface area contributed by atoms with Gasteiger partial charge in [-0.05, 0) is 37.3 Å². The van der Waals surface area contributed by atoms with Crippen molar-refractivity contribution in [2.45, 2.75) is 18.6 Å². The Labute approximate surface area is 232 Å². The van der Waals surface area contributed by atoms with Crippen LogP contribution in [0.15, 0.2) is 66.7 Å². The Bertz CT molecular complexity index is 1560. The molecule has 0 N–H and O–H groups in total. The van der Waals surface area contributed by atoms with Gasteiger partial charge in [0.2, 0.25) is 29.0 Å². The summed E-state index contributed by atoms with van der Waals surface area (Å²) in [6.45, 7) is 1.87. The summed E-state index contributed by atoms with van der Waals surface area (Å²) in [5.74, 6) is -6.02. The van der Waals surface area contributed by atoms with Gasteiger partial charge in [-0.25, -0.2) is 9.69 Å². The van der Waals surface area contributed by atoms with Crippen molar-refractivity contribution in [2.75, 3.05) is 11.5 Å². The van der Waals surface area contributed by atoms with E-state index < -0.39 is 52.9 Å². The van der Waals surface area contributed by atoms with E-state index in [2.05, 4.69) is 0 Å². The number of fused-ring (bicyclic) bond motifs is 3. The second kappa shape index (κ2) is 9.12. The smallest absolute Gasteiger partial charge is 0.338 e. The first kappa shape index (κ1) is 25.4. The molecule has 8 nitrogen and oxygen atoms in total. The Hall–Kier alpha value is -3.85. The second-order valence-corrected chi connectivity index (χ2v) is 10.2. The highest BCUT2D eigenvalue weighted by Gasteiger charge is 2.75. The number of carbonyl (C=O) groups is 5. The molecule has 3 aromatic rings. The SMILES string of the molecule is CCOC(=O)c1ccc(N2C(=O)[C@@H]3[C@@H](c4cccc(Cl)c4Cl)OC4(C(=O)c5ccccc5C4=O)[C@@H]3C2=O)cc1. The van der Waals surface area contributed by atoms with E-state index >= 15 is 0 Å². The molecule has 3 aromatic carbocycles. The lowest BCUT2D eigenvalue weighted by Gasteiger charge is -2.27. The highest BCUT2D eigenvalue weighted by Crippen LogP contribution is 2.58. The minimum Gasteiger partial charge on any atom is -0.462 e. The van der Waals surface area contributed by atoms with Gasteiger partial charge in [0, 0.05) is 16.7 Å². The molecule has 0 unspecified atom stereocenters. The molecule has 3 aliphatic rings. The van der Waals surface area contributed by atoms with Gasteiger partial charge in [0.1, 0.15) is 0 Å². The van der Waals surface area contributed by atoms with E-state index in [9.17, 15) is 24.0 Å². The summed E-state index contributed by atoms with van der Waals surface area (Å²) < 4.78 is 11.2. The van der Waals surface area contributed by atoms with Crippen molar-refractivity contribution >= 4 is 58.2 Å². The zero-order chi connectivity index (χ0) is 27.6. The van der Waals surface area contributed by atoms with E-state index in [-0.39, 0.29) is 44.6 Å². The van der Waals surface area contributed by atoms with Crippen LogP contribution in [-0.2, 0) is 19.1 Å². The van der Waals surface area contributed by atoms with Gasteiger partial charge in [-0.2, -0.15) is 0 Å². The maximum atomic E-state index is 14.0. The lowest BCUT2D eigenvalue weighted by atomic mass is 9.77. The third-order valence-electron chi connectivity index (χ3n) is 7.44. The Kier molecular flexibility index (Phi) is 5.95. The topological polar surface area (TPSA) is 107 Å². The molecule has 6 rings (SSSR count). The van der Waals surface area contributed by atoms with Crippen LogP contribution in [0.1, 0.15) is 49.7 Å². The predicted octanol–water partition coefficient (Wildman–Crippen LogP) is 4.87. The normalized spacial score (nSPS) is 22.9. The van der Waals surface area contributed by atoms with Crippen LogP contribution in [0.25, 0.3) is 0 Å². The number of hydrogen-bond donors (Lipinski definition) is 0. The van der Waals surface area contributed by atoms with Gasteiger partial charge in [0.15, 0.2) is 0 Å². The number of Topliss-reactive ketones (excluding diaryl/α,β-unsaturated/α-hetero) is 2. The lowest BCUT2D eigenvalue weighted by Crippen LogP contribution is -2.51. The molecule has 0 bridgehead atoms. The maximum absolute atomic E-state index is 14.0. The molecule has 2 heterocycles. The van der Waals surface area contributed by atoms with Gasteiger partial charge in [0.25, 0.3) is 0 Å². The number of nitrogens with zero attached hydrogens (tertiary/aromatic N) is 1. The van der Waals surface area contributed by atoms with Crippen molar-refractivity contribution in [1.29, 1.82) is 0 Å². The van der Waals surface area contributed by atoms with Crippen LogP contribution in [0, 0.1) is 11.8 Å². The summed E-state index contributed by atoms with van der Waals surface area (Å²) in [7, 11) is 0. The number of hydrogen-bond acceptors (Lipinski definition) is 7. The first-order chi connectivity index (χ1) is 18.7. The van der Waals surface area contributed by atoms with Crippen molar-refractivity contribution in [3.05, 3.63) is 99.0 Å². The molecule has 39 heavy (non-hydrogen) atoms. The van der Waals surface area contributed by atoms with Gasteiger partial charge in [-0.15, -0.1) is 0 Å². The first-order valence-corrected chi connectivity index (χ1v) is 12.9. The van der Waals surface area contributed by atoms with Gasteiger partial charge < -0.3 is 9.47 Å². The maximum Gasteiger partial charge on any atom is 0.338 e.